The Kier molecular flexibility index (Phi) is 3.71. The second-order valence-corrected chi connectivity index (χ2v) is 6.41. The Morgan fingerprint density at radius 1 is 1.50 bits per heavy atom. The minimum Gasteiger partial charge on any atom is -0.489 e. The molecule has 3 rings (SSSR count). The average molecular weight is 354 g/mol. The standard InChI is InChI=1S/C13H12BrN3O2S/c14-8-1-2-10-7(3-8)4-9(19-10)6-20-13-16-11(15)5-12(18)17-13/h1-3,5,9H,4,6H2,(H3,15,16,17,18). The van der Waals surface area contributed by atoms with E-state index >= 15 is 0 Å². The summed E-state index contributed by atoms with van der Waals surface area (Å²) in [5.41, 5.74) is 6.50. The lowest BCUT2D eigenvalue weighted by molar-refractivity contribution is 0.259. The van der Waals surface area contributed by atoms with Crippen LogP contribution in [-0.4, -0.2) is 21.8 Å². The molecule has 1 aliphatic rings. The summed E-state index contributed by atoms with van der Waals surface area (Å²) in [5, 5.41) is 0.524. The fraction of sp³-hybridized carbons (Fsp3) is 0.231. The molecule has 1 atom stereocenters. The molecule has 7 heteroatoms. The fourth-order valence-corrected chi connectivity index (χ4v) is 3.36. The molecule has 0 amide bonds. The summed E-state index contributed by atoms with van der Waals surface area (Å²) in [6.07, 6.45) is 0.935. The molecule has 3 N–H and O–H groups in total. The summed E-state index contributed by atoms with van der Waals surface area (Å²) in [7, 11) is 0. The Morgan fingerprint density at radius 3 is 3.15 bits per heavy atom. The summed E-state index contributed by atoms with van der Waals surface area (Å²) < 4.78 is 6.90. The van der Waals surface area contributed by atoms with Crippen molar-refractivity contribution in [2.24, 2.45) is 0 Å². The summed E-state index contributed by atoms with van der Waals surface area (Å²) in [6.45, 7) is 0. The van der Waals surface area contributed by atoms with Crippen molar-refractivity contribution in [2.45, 2.75) is 17.7 Å². The molecule has 5 nitrogen and oxygen atoms in total. The third-order valence-corrected chi connectivity index (χ3v) is 4.41. The van der Waals surface area contributed by atoms with E-state index < -0.39 is 0 Å². The van der Waals surface area contributed by atoms with Gasteiger partial charge in [-0.2, -0.15) is 0 Å². The van der Waals surface area contributed by atoms with Crippen molar-refractivity contribution < 1.29 is 4.74 Å². The number of fused-ring (bicyclic) bond motifs is 1. The van der Waals surface area contributed by atoms with Gasteiger partial charge in [0.05, 0.1) is 0 Å². The Bertz CT molecular complexity index is 704. The lowest BCUT2D eigenvalue weighted by atomic mass is 10.1. The highest BCUT2D eigenvalue weighted by Crippen LogP contribution is 2.32. The molecule has 0 saturated carbocycles. The molecule has 0 bridgehead atoms. The SMILES string of the molecule is Nc1cc(=O)[nH]c(SCC2Cc3cc(Br)ccc3O2)n1. The van der Waals surface area contributed by atoms with Crippen molar-refractivity contribution in [3.8, 4) is 5.75 Å². The fourth-order valence-electron chi connectivity index (χ4n) is 2.08. The van der Waals surface area contributed by atoms with Gasteiger partial charge >= 0.3 is 0 Å². The first-order chi connectivity index (χ1) is 9.60. The number of halogens is 1. The Hall–Kier alpha value is -1.47. The van der Waals surface area contributed by atoms with Crippen molar-refractivity contribution in [1.29, 1.82) is 0 Å². The zero-order valence-electron chi connectivity index (χ0n) is 10.4. The third-order valence-electron chi connectivity index (χ3n) is 2.91. The number of aromatic amines is 1. The largest absolute Gasteiger partial charge is 0.489 e. The second kappa shape index (κ2) is 5.49. The number of hydrogen-bond donors (Lipinski definition) is 2. The van der Waals surface area contributed by atoms with Crippen molar-refractivity contribution >= 4 is 33.5 Å². The van der Waals surface area contributed by atoms with Crippen molar-refractivity contribution in [1.82, 2.24) is 9.97 Å². The molecule has 0 radical (unpaired) electrons. The lowest BCUT2D eigenvalue weighted by Gasteiger charge is -2.09. The van der Waals surface area contributed by atoms with E-state index in [4.69, 9.17) is 10.5 Å². The highest BCUT2D eigenvalue weighted by molar-refractivity contribution is 9.10. The van der Waals surface area contributed by atoms with Gasteiger partial charge in [-0.3, -0.25) is 4.79 Å². The zero-order chi connectivity index (χ0) is 14.1. The van der Waals surface area contributed by atoms with Gasteiger partial charge in [0, 0.05) is 22.7 Å². The number of H-pyrrole nitrogens is 1. The number of rotatable bonds is 3. The molecular weight excluding hydrogens is 342 g/mol. The molecule has 0 spiro atoms. The maximum absolute atomic E-state index is 11.3. The molecule has 1 aliphatic heterocycles. The first kappa shape index (κ1) is 13.5. The van der Waals surface area contributed by atoms with E-state index in [1.807, 2.05) is 12.1 Å². The van der Waals surface area contributed by atoms with Gasteiger partial charge in [-0.05, 0) is 23.8 Å². The molecule has 1 aromatic carbocycles. The van der Waals surface area contributed by atoms with E-state index in [9.17, 15) is 4.79 Å². The van der Waals surface area contributed by atoms with Crippen LogP contribution in [0.5, 0.6) is 5.75 Å². The van der Waals surface area contributed by atoms with Gasteiger partial charge in [0.1, 0.15) is 17.7 Å². The number of nitrogens with two attached hydrogens (primary N) is 1. The number of thioether (sulfide) groups is 1. The topological polar surface area (TPSA) is 81.0 Å². The van der Waals surface area contributed by atoms with Crippen molar-refractivity contribution in [2.75, 3.05) is 11.5 Å². The molecule has 1 unspecified atom stereocenters. The van der Waals surface area contributed by atoms with Crippen LogP contribution >= 0.6 is 27.7 Å². The average Bonchev–Trinajstić information content (AvgIpc) is 2.77. The number of nitrogens with zero attached hydrogens (tertiary/aromatic N) is 1. The monoisotopic (exact) mass is 353 g/mol. The molecule has 2 heterocycles. The third kappa shape index (κ3) is 2.99. The summed E-state index contributed by atoms with van der Waals surface area (Å²) in [4.78, 5) is 18.0. The predicted octanol–water partition coefficient (Wildman–Crippen LogP) is 2.21. The minimum absolute atomic E-state index is 0.0797. The van der Waals surface area contributed by atoms with Crippen LogP contribution in [0.1, 0.15) is 5.56 Å². The maximum atomic E-state index is 11.3. The Labute approximate surface area is 128 Å². The van der Waals surface area contributed by atoms with E-state index in [2.05, 4.69) is 32.0 Å². The van der Waals surface area contributed by atoms with Crippen LogP contribution < -0.4 is 16.0 Å². The first-order valence-electron chi connectivity index (χ1n) is 6.05. The van der Waals surface area contributed by atoms with Crippen LogP contribution in [-0.2, 0) is 6.42 Å². The number of benzene rings is 1. The number of nitrogens with one attached hydrogen (secondary N) is 1. The van der Waals surface area contributed by atoms with Crippen molar-refractivity contribution in [3.05, 3.63) is 44.7 Å². The van der Waals surface area contributed by atoms with Crippen LogP contribution in [0, 0.1) is 0 Å². The van der Waals surface area contributed by atoms with E-state index in [1.54, 1.807) is 0 Å². The van der Waals surface area contributed by atoms with Crippen LogP contribution in [0.2, 0.25) is 0 Å². The van der Waals surface area contributed by atoms with E-state index in [1.165, 1.54) is 23.4 Å². The Morgan fingerprint density at radius 2 is 2.35 bits per heavy atom. The molecule has 0 aliphatic carbocycles. The van der Waals surface area contributed by atoms with E-state index in [-0.39, 0.29) is 17.5 Å². The van der Waals surface area contributed by atoms with Crippen LogP contribution in [0.15, 0.2) is 38.7 Å². The normalized spacial score (nSPS) is 16.8. The molecule has 104 valence electrons. The summed E-state index contributed by atoms with van der Waals surface area (Å²) in [6, 6.07) is 7.26. The summed E-state index contributed by atoms with van der Waals surface area (Å²) >= 11 is 4.89. The van der Waals surface area contributed by atoms with Gasteiger partial charge in [-0.15, -0.1) is 0 Å². The second-order valence-electron chi connectivity index (χ2n) is 4.48. The molecule has 2 aromatic rings. The highest BCUT2D eigenvalue weighted by atomic mass is 79.9. The van der Waals surface area contributed by atoms with Gasteiger partial charge in [0.15, 0.2) is 5.16 Å². The number of aromatic nitrogens is 2. The predicted molar refractivity (Wildman–Crippen MR) is 82.3 cm³/mol. The van der Waals surface area contributed by atoms with Crippen LogP contribution in [0.3, 0.4) is 0 Å². The van der Waals surface area contributed by atoms with Crippen molar-refractivity contribution in [3.63, 3.8) is 0 Å². The maximum Gasteiger partial charge on any atom is 0.253 e. The van der Waals surface area contributed by atoms with E-state index in [0.29, 0.717) is 10.9 Å². The molecule has 0 fully saturated rings. The molecular formula is C13H12BrN3O2S. The number of nitrogen functional groups attached to an aromatic ring is 1. The van der Waals surface area contributed by atoms with Crippen LogP contribution in [0.4, 0.5) is 5.82 Å². The lowest BCUT2D eigenvalue weighted by Crippen LogP contribution is -2.17. The smallest absolute Gasteiger partial charge is 0.253 e. The molecule has 1 aromatic heterocycles. The quantitative estimate of drug-likeness (QED) is 0.653. The van der Waals surface area contributed by atoms with Gasteiger partial charge in [-0.25, -0.2) is 4.98 Å². The number of anilines is 1. The molecule has 0 saturated heterocycles. The first-order valence-corrected chi connectivity index (χ1v) is 7.83. The number of hydrogen-bond acceptors (Lipinski definition) is 5. The summed E-state index contributed by atoms with van der Waals surface area (Å²) in [5.74, 6) is 1.86. The van der Waals surface area contributed by atoms with E-state index in [0.717, 1.165) is 16.6 Å². The Balaban J connectivity index is 1.65. The van der Waals surface area contributed by atoms with Gasteiger partial charge in [-0.1, -0.05) is 27.7 Å². The molecule has 20 heavy (non-hydrogen) atoms. The highest BCUT2D eigenvalue weighted by Gasteiger charge is 2.23. The van der Waals surface area contributed by atoms with Gasteiger partial charge < -0.3 is 15.5 Å². The van der Waals surface area contributed by atoms with Gasteiger partial charge in [0.2, 0.25) is 0 Å². The van der Waals surface area contributed by atoms with Gasteiger partial charge in [0.25, 0.3) is 5.56 Å². The number of ether oxygens (including phenoxy) is 1. The minimum atomic E-state index is -0.237. The van der Waals surface area contributed by atoms with Crippen LogP contribution in [0.25, 0.3) is 0 Å². The zero-order valence-corrected chi connectivity index (χ0v) is 12.8.